The number of hydrogen-bond acceptors (Lipinski definition) is 2. The number of benzene rings is 1. The zero-order valence-corrected chi connectivity index (χ0v) is 9.76. The maximum atomic E-state index is 13.5. The van der Waals surface area contributed by atoms with Gasteiger partial charge in [-0.05, 0) is 26.8 Å². The Morgan fingerprint density at radius 2 is 2.00 bits per heavy atom. The van der Waals surface area contributed by atoms with Crippen LogP contribution in [0.25, 0.3) is 0 Å². The lowest BCUT2D eigenvalue weighted by Crippen LogP contribution is -2.38. The van der Waals surface area contributed by atoms with Crippen molar-refractivity contribution in [3.05, 3.63) is 35.4 Å². The lowest BCUT2D eigenvalue weighted by Gasteiger charge is -2.31. The minimum absolute atomic E-state index is 0.264. The average Bonchev–Trinajstić information content (AvgIpc) is 2.16. The van der Waals surface area contributed by atoms with Crippen LogP contribution in [0.15, 0.2) is 18.2 Å². The zero-order chi connectivity index (χ0) is 12.3. The molecule has 1 aromatic rings. The summed E-state index contributed by atoms with van der Waals surface area (Å²) in [6.45, 7) is 5.90. The summed E-state index contributed by atoms with van der Waals surface area (Å²) in [6.07, 6.45) is 0. The Hall–Kier alpha value is -1.00. The predicted molar refractivity (Wildman–Crippen MR) is 59.0 cm³/mol. The molecule has 0 saturated heterocycles. The maximum absolute atomic E-state index is 13.5. The molecule has 0 aromatic heterocycles. The van der Waals surface area contributed by atoms with Gasteiger partial charge in [-0.2, -0.15) is 0 Å². The lowest BCUT2D eigenvalue weighted by molar-refractivity contribution is -0.0305. The van der Waals surface area contributed by atoms with E-state index < -0.39 is 23.3 Å². The normalized spacial score (nSPS) is 13.9. The first-order valence-electron chi connectivity index (χ1n) is 5.23. The van der Waals surface area contributed by atoms with Gasteiger partial charge < -0.3 is 10.5 Å². The van der Waals surface area contributed by atoms with Crippen LogP contribution in [0.1, 0.15) is 32.4 Å². The monoisotopic (exact) mass is 229 g/mol. The van der Waals surface area contributed by atoms with Crippen LogP contribution >= 0.6 is 0 Å². The second-order valence-electron chi connectivity index (χ2n) is 4.18. The van der Waals surface area contributed by atoms with Crippen molar-refractivity contribution in [2.75, 3.05) is 6.61 Å². The molecule has 0 fully saturated rings. The summed E-state index contributed by atoms with van der Waals surface area (Å²) in [7, 11) is 0. The summed E-state index contributed by atoms with van der Waals surface area (Å²) in [4.78, 5) is 0. The van der Waals surface area contributed by atoms with E-state index in [1.54, 1.807) is 13.8 Å². The molecule has 1 atom stereocenters. The molecule has 1 rings (SSSR count). The van der Waals surface area contributed by atoms with Crippen molar-refractivity contribution >= 4 is 0 Å². The quantitative estimate of drug-likeness (QED) is 0.861. The van der Waals surface area contributed by atoms with Crippen LogP contribution in [0.2, 0.25) is 0 Å². The van der Waals surface area contributed by atoms with Crippen molar-refractivity contribution in [3.8, 4) is 0 Å². The largest absolute Gasteiger partial charge is 0.374 e. The molecular formula is C12H17F2NO. The van der Waals surface area contributed by atoms with Crippen LogP contribution in [0.5, 0.6) is 0 Å². The molecule has 2 N–H and O–H groups in total. The highest BCUT2D eigenvalue weighted by atomic mass is 19.1. The standard InChI is InChI=1S/C12H17F2NO/c1-4-16-12(2,3)11(15)9-6-5-8(13)7-10(9)14/h5-7,11H,4,15H2,1-3H3. The Labute approximate surface area is 94.4 Å². The van der Waals surface area contributed by atoms with Crippen molar-refractivity contribution in [2.45, 2.75) is 32.4 Å². The van der Waals surface area contributed by atoms with Crippen LogP contribution in [0.3, 0.4) is 0 Å². The van der Waals surface area contributed by atoms with E-state index in [0.717, 1.165) is 6.07 Å². The summed E-state index contributed by atoms with van der Waals surface area (Å²) in [5, 5.41) is 0. The van der Waals surface area contributed by atoms with Gasteiger partial charge in [-0.3, -0.25) is 0 Å². The molecule has 0 amide bonds. The van der Waals surface area contributed by atoms with Gasteiger partial charge in [-0.25, -0.2) is 8.78 Å². The van der Waals surface area contributed by atoms with E-state index in [0.29, 0.717) is 6.61 Å². The third-order valence-electron chi connectivity index (χ3n) is 2.56. The third-order valence-corrected chi connectivity index (χ3v) is 2.56. The van der Waals surface area contributed by atoms with Crippen molar-refractivity contribution in [2.24, 2.45) is 5.73 Å². The minimum Gasteiger partial charge on any atom is -0.374 e. The van der Waals surface area contributed by atoms with Gasteiger partial charge in [-0.15, -0.1) is 0 Å². The number of hydrogen-bond donors (Lipinski definition) is 1. The first kappa shape index (κ1) is 13.1. The number of rotatable bonds is 4. The number of ether oxygens (including phenoxy) is 1. The first-order chi connectivity index (χ1) is 7.38. The fraction of sp³-hybridized carbons (Fsp3) is 0.500. The summed E-state index contributed by atoms with van der Waals surface area (Å²) in [5.41, 5.74) is 5.50. The fourth-order valence-electron chi connectivity index (χ4n) is 1.59. The average molecular weight is 229 g/mol. The van der Waals surface area contributed by atoms with E-state index in [2.05, 4.69) is 0 Å². The highest BCUT2D eigenvalue weighted by molar-refractivity contribution is 5.24. The Morgan fingerprint density at radius 3 is 2.50 bits per heavy atom. The molecule has 1 aromatic carbocycles. The van der Waals surface area contributed by atoms with E-state index in [-0.39, 0.29) is 5.56 Å². The summed E-state index contributed by atoms with van der Waals surface area (Å²) >= 11 is 0. The zero-order valence-electron chi connectivity index (χ0n) is 9.76. The molecule has 0 aliphatic rings. The lowest BCUT2D eigenvalue weighted by atomic mass is 9.92. The predicted octanol–water partition coefficient (Wildman–Crippen LogP) is 2.78. The SMILES string of the molecule is CCOC(C)(C)C(N)c1ccc(F)cc1F. The van der Waals surface area contributed by atoms with Crippen LogP contribution in [0, 0.1) is 11.6 Å². The molecule has 16 heavy (non-hydrogen) atoms. The second-order valence-corrected chi connectivity index (χ2v) is 4.18. The smallest absolute Gasteiger partial charge is 0.130 e. The molecule has 0 saturated carbocycles. The first-order valence-corrected chi connectivity index (χ1v) is 5.23. The second kappa shape index (κ2) is 4.89. The summed E-state index contributed by atoms with van der Waals surface area (Å²) < 4.78 is 31.7. The molecule has 0 aliphatic carbocycles. The van der Waals surface area contributed by atoms with Gasteiger partial charge in [0, 0.05) is 18.2 Å². The highest BCUT2D eigenvalue weighted by Gasteiger charge is 2.30. The van der Waals surface area contributed by atoms with E-state index in [1.807, 2.05) is 6.92 Å². The van der Waals surface area contributed by atoms with Gasteiger partial charge in [0.15, 0.2) is 0 Å². The summed E-state index contributed by atoms with van der Waals surface area (Å²) in [6, 6.07) is 2.75. The molecule has 90 valence electrons. The van der Waals surface area contributed by atoms with E-state index in [4.69, 9.17) is 10.5 Å². The van der Waals surface area contributed by atoms with Gasteiger partial charge in [0.2, 0.25) is 0 Å². The minimum atomic E-state index is -0.687. The van der Waals surface area contributed by atoms with Gasteiger partial charge in [0.1, 0.15) is 11.6 Å². The van der Waals surface area contributed by atoms with E-state index in [1.165, 1.54) is 12.1 Å². The Kier molecular flexibility index (Phi) is 3.99. The molecule has 1 unspecified atom stereocenters. The van der Waals surface area contributed by atoms with Crippen molar-refractivity contribution in [3.63, 3.8) is 0 Å². The molecule has 4 heteroatoms. The van der Waals surface area contributed by atoms with E-state index >= 15 is 0 Å². The molecule has 0 heterocycles. The molecular weight excluding hydrogens is 212 g/mol. The topological polar surface area (TPSA) is 35.2 Å². The highest BCUT2D eigenvalue weighted by Crippen LogP contribution is 2.28. The maximum Gasteiger partial charge on any atom is 0.130 e. The van der Waals surface area contributed by atoms with Gasteiger partial charge >= 0.3 is 0 Å². The molecule has 0 radical (unpaired) electrons. The van der Waals surface area contributed by atoms with E-state index in [9.17, 15) is 8.78 Å². The summed E-state index contributed by atoms with van der Waals surface area (Å²) in [5.74, 6) is -1.25. The van der Waals surface area contributed by atoms with Crippen molar-refractivity contribution in [1.82, 2.24) is 0 Å². The molecule has 0 bridgehead atoms. The van der Waals surface area contributed by atoms with Crippen molar-refractivity contribution in [1.29, 1.82) is 0 Å². The van der Waals surface area contributed by atoms with Crippen LogP contribution in [-0.2, 0) is 4.74 Å². The number of halogens is 2. The van der Waals surface area contributed by atoms with Gasteiger partial charge in [0.25, 0.3) is 0 Å². The van der Waals surface area contributed by atoms with Crippen LogP contribution in [-0.4, -0.2) is 12.2 Å². The van der Waals surface area contributed by atoms with Crippen LogP contribution in [0.4, 0.5) is 8.78 Å². The fourth-order valence-corrected chi connectivity index (χ4v) is 1.59. The van der Waals surface area contributed by atoms with Crippen molar-refractivity contribution < 1.29 is 13.5 Å². The molecule has 2 nitrogen and oxygen atoms in total. The molecule has 0 spiro atoms. The third kappa shape index (κ3) is 2.77. The molecule has 0 aliphatic heterocycles. The Bertz CT molecular complexity index is 366. The number of nitrogens with two attached hydrogens (primary N) is 1. The van der Waals surface area contributed by atoms with Crippen LogP contribution < -0.4 is 5.73 Å². The van der Waals surface area contributed by atoms with Gasteiger partial charge in [0.05, 0.1) is 11.6 Å². The van der Waals surface area contributed by atoms with Gasteiger partial charge in [-0.1, -0.05) is 6.07 Å². The Balaban J connectivity index is 3.00. The Morgan fingerprint density at radius 1 is 1.38 bits per heavy atom.